The summed E-state index contributed by atoms with van der Waals surface area (Å²) in [5.74, 6) is 2.74. The van der Waals surface area contributed by atoms with Crippen LogP contribution in [-0.4, -0.2) is 37.1 Å². The van der Waals surface area contributed by atoms with E-state index in [1.807, 2.05) is 0 Å². The first-order chi connectivity index (χ1) is 6.54. The second-order valence-electron chi connectivity index (χ2n) is 5.17. The van der Waals surface area contributed by atoms with Gasteiger partial charge in [-0.2, -0.15) is 0 Å². The fourth-order valence-electron chi connectivity index (χ4n) is 1.85. The van der Waals surface area contributed by atoms with Crippen molar-refractivity contribution in [3.05, 3.63) is 0 Å². The molecule has 1 fully saturated rings. The summed E-state index contributed by atoms with van der Waals surface area (Å²) in [6, 6.07) is 0.554. The smallest absolute Gasteiger partial charge is 0.0599 e. The van der Waals surface area contributed by atoms with Crippen molar-refractivity contribution in [1.29, 1.82) is 0 Å². The Morgan fingerprint density at radius 3 is 2.79 bits per heavy atom. The van der Waals surface area contributed by atoms with Gasteiger partial charge in [-0.15, -0.1) is 6.42 Å². The van der Waals surface area contributed by atoms with Gasteiger partial charge in [0.2, 0.25) is 0 Å². The summed E-state index contributed by atoms with van der Waals surface area (Å²) in [5, 5.41) is 3.60. The van der Waals surface area contributed by atoms with Gasteiger partial charge in [0, 0.05) is 19.1 Å². The maximum atomic E-state index is 5.35. The van der Waals surface area contributed by atoms with Crippen LogP contribution in [0.2, 0.25) is 0 Å². The van der Waals surface area contributed by atoms with Gasteiger partial charge in [-0.25, -0.2) is 0 Å². The lowest BCUT2D eigenvalue weighted by molar-refractivity contribution is 0.210. The minimum atomic E-state index is 0.317. The zero-order valence-electron chi connectivity index (χ0n) is 9.64. The van der Waals surface area contributed by atoms with Gasteiger partial charge in [-0.05, 0) is 18.4 Å². The van der Waals surface area contributed by atoms with Crippen molar-refractivity contribution in [2.75, 3.05) is 26.2 Å². The summed E-state index contributed by atoms with van der Waals surface area (Å²) < 4.78 is 0. The second kappa shape index (κ2) is 4.82. The molecule has 1 N–H and O–H groups in total. The summed E-state index contributed by atoms with van der Waals surface area (Å²) in [5.41, 5.74) is 0.317. The molecule has 0 aliphatic carbocycles. The largest absolute Gasteiger partial charge is 0.312 e. The zero-order chi connectivity index (χ0) is 10.6. The molecule has 1 saturated heterocycles. The van der Waals surface area contributed by atoms with E-state index in [0.29, 0.717) is 11.5 Å². The van der Waals surface area contributed by atoms with Gasteiger partial charge in [-0.1, -0.05) is 26.7 Å². The maximum absolute atomic E-state index is 5.35. The summed E-state index contributed by atoms with van der Waals surface area (Å²) in [6.07, 6.45) is 6.56. The number of nitrogens with one attached hydrogen (secondary N) is 1. The zero-order valence-corrected chi connectivity index (χ0v) is 9.64. The highest BCUT2D eigenvalue weighted by Gasteiger charge is 2.27. The van der Waals surface area contributed by atoms with Gasteiger partial charge in [-0.3, -0.25) is 4.90 Å². The second-order valence-corrected chi connectivity index (χ2v) is 5.17. The topological polar surface area (TPSA) is 15.3 Å². The van der Waals surface area contributed by atoms with Gasteiger partial charge in [0.25, 0.3) is 0 Å². The Morgan fingerprint density at radius 1 is 1.50 bits per heavy atom. The van der Waals surface area contributed by atoms with E-state index in [1.165, 1.54) is 6.42 Å². The van der Waals surface area contributed by atoms with Gasteiger partial charge in [0.05, 0.1) is 6.54 Å². The molecule has 0 aromatic carbocycles. The van der Waals surface area contributed by atoms with E-state index in [4.69, 9.17) is 6.42 Å². The van der Waals surface area contributed by atoms with E-state index in [9.17, 15) is 0 Å². The molecule has 0 bridgehead atoms. The number of rotatable bonds is 1. The van der Waals surface area contributed by atoms with Crippen molar-refractivity contribution in [1.82, 2.24) is 10.2 Å². The molecule has 0 spiro atoms. The lowest BCUT2D eigenvalue weighted by atomic mass is 9.86. The van der Waals surface area contributed by atoms with Gasteiger partial charge >= 0.3 is 0 Å². The molecule has 1 rings (SSSR count). The van der Waals surface area contributed by atoms with Crippen LogP contribution in [0.15, 0.2) is 0 Å². The Balaban J connectivity index is 2.56. The molecule has 14 heavy (non-hydrogen) atoms. The van der Waals surface area contributed by atoms with Crippen LogP contribution in [0.4, 0.5) is 0 Å². The van der Waals surface area contributed by atoms with Crippen LogP contribution in [-0.2, 0) is 0 Å². The van der Waals surface area contributed by atoms with Crippen LogP contribution in [0.3, 0.4) is 0 Å². The highest BCUT2D eigenvalue weighted by atomic mass is 15.2. The SMILES string of the molecule is C#CCN1CCCNC(C(C)(C)C)C1. The highest BCUT2D eigenvalue weighted by molar-refractivity contribution is 4.92. The number of hydrogen-bond acceptors (Lipinski definition) is 2. The van der Waals surface area contributed by atoms with Crippen LogP contribution in [0, 0.1) is 17.8 Å². The molecule has 80 valence electrons. The highest BCUT2D eigenvalue weighted by Crippen LogP contribution is 2.21. The third kappa shape index (κ3) is 3.32. The molecule has 1 atom stereocenters. The first-order valence-corrected chi connectivity index (χ1v) is 5.43. The van der Waals surface area contributed by atoms with E-state index in [0.717, 1.165) is 26.2 Å². The molecule has 2 heteroatoms. The van der Waals surface area contributed by atoms with Crippen LogP contribution < -0.4 is 5.32 Å². The molecule has 1 aliphatic heterocycles. The predicted octanol–water partition coefficient (Wildman–Crippen LogP) is 1.33. The van der Waals surface area contributed by atoms with Crippen molar-refractivity contribution in [2.24, 2.45) is 5.41 Å². The Bertz CT molecular complexity index is 209. The van der Waals surface area contributed by atoms with Crippen molar-refractivity contribution in [2.45, 2.75) is 33.2 Å². The predicted molar refractivity (Wildman–Crippen MR) is 61.1 cm³/mol. The van der Waals surface area contributed by atoms with Crippen LogP contribution in [0.1, 0.15) is 27.2 Å². The summed E-state index contributed by atoms with van der Waals surface area (Å²) in [7, 11) is 0. The Morgan fingerprint density at radius 2 is 2.21 bits per heavy atom. The molecule has 1 unspecified atom stereocenters. The lowest BCUT2D eigenvalue weighted by Gasteiger charge is -2.33. The van der Waals surface area contributed by atoms with E-state index < -0.39 is 0 Å². The average molecular weight is 194 g/mol. The Labute approximate surface area is 88.1 Å². The van der Waals surface area contributed by atoms with Gasteiger partial charge in [0.15, 0.2) is 0 Å². The summed E-state index contributed by atoms with van der Waals surface area (Å²) in [4.78, 5) is 2.37. The minimum absolute atomic E-state index is 0.317. The molecule has 0 aromatic rings. The van der Waals surface area contributed by atoms with Crippen molar-refractivity contribution in [3.8, 4) is 12.3 Å². The summed E-state index contributed by atoms with van der Waals surface area (Å²) in [6.45, 7) is 11.0. The minimum Gasteiger partial charge on any atom is -0.312 e. The van der Waals surface area contributed by atoms with Gasteiger partial charge in [0.1, 0.15) is 0 Å². The van der Waals surface area contributed by atoms with E-state index in [2.05, 4.69) is 36.9 Å². The fourth-order valence-corrected chi connectivity index (χ4v) is 1.85. The van der Waals surface area contributed by atoms with E-state index in [-0.39, 0.29) is 0 Å². The van der Waals surface area contributed by atoms with Crippen molar-refractivity contribution >= 4 is 0 Å². The van der Waals surface area contributed by atoms with Crippen LogP contribution >= 0.6 is 0 Å². The Kier molecular flexibility index (Phi) is 3.97. The average Bonchev–Trinajstić information content (AvgIpc) is 2.29. The van der Waals surface area contributed by atoms with Crippen molar-refractivity contribution in [3.63, 3.8) is 0 Å². The molecule has 1 aliphatic rings. The fraction of sp³-hybridized carbons (Fsp3) is 0.833. The number of nitrogens with zero attached hydrogens (tertiary/aromatic N) is 1. The first kappa shape index (κ1) is 11.6. The molecular weight excluding hydrogens is 172 g/mol. The molecule has 2 nitrogen and oxygen atoms in total. The van der Waals surface area contributed by atoms with Crippen molar-refractivity contribution < 1.29 is 0 Å². The van der Waals surface area contributed by atoms with Crippen LogP contribution in [0.25, 0.3) is 0 Å². The number of hydrogen-bond donors (Lipinski definition) is 1. The summed E-state index contributed by atoms with van der Waals surface area (Å²) >= 11 is 0. The third-order valence-corrected chi connectivity index (χ3v) is 2.84. The quantitative estimate of drug-likeness (QED) is 0.634. The standard InChI is InChI=1S/C12H22N2/c1-5-8-14-9-6-7-13-11(10-14)12(2,3)4/h1,11,13H,6-10H2,2-4H3. The molecule has 0 saturated carbocycles. The molecule has 0 amide bonds. The Hall–Kier alpha value is -0.520. The van der Waals surface area contributed by atoms with Gasteiger partial charge < -0.3 is 5.32 Å². The monoisotopic (exact) mass is 194 g/mol. The first-order valence-electron chi connectivity index (χ1n) is 5.43. The van der Waals surface area contributed by atoms with E-state index >= 15 is 0 Å². The van der Waals surface area contributed by atoms with Crippen LogP contribution in [0.5, 0.6) is 0 Å². The molecular formula is C12H22N2. The number of terminal acetylenes is 1. The maximum Gasteiger partial charge on any atom is 0.0599 e. The third-order valence-electron chi connectivity index (χ3n) is 2.84. The molecule has 0 radical (unpaired) electrons. The van der Waals surface area contributed by atoms with E-state index in [1.54, 1.807) is 0 Å². The molecule has 0 aromatic heterocycles. The molecule has 1 heterocycles. The normalized spacial score (nSPS) is 25.4. The lowest BCUT2D eigenvalue weighted by Crippen LogP contribution is -2.46.